The average Bonchev–Trinajstić information content (AvgIpc) is 3.21. The first kappa shape index (κ1) is 16.7. The number of hydrogen-bond donors (Lipinski definition) is 1. The number of anilines is 1. The minimum Gasteiger partial charge on any atom is -0.335 e. The molecule has 0 saturated carbocycles. The zero-order valence-electron chi connectivity index (χ0n) is 14.1. The molecule has 26 heavy (non-hydrogen) atoms. The van der Waals surface area contributed by atoms with E-state index in [9.17, 15) is 9.59 Å². The standard InChI is InChI=1S/C19H18N4O2S/c24-16-3-2-15-11-13(12-21-18(15)22-16)1-4-17(25)23-8-5-14(6-9-23)19-20-7-10-26-19/h1,4-5,7,10-12H,2-3,6,8-9H2,(H,21,22,24). The number of nitrogens with one attached hydrogen (secondary N) is 1. The fourth-order valence-electron chi connectivity index (χ4n) is 3.08. The number of nitrogens with zero attached hydrogens (tertiary/aromatic N) is 3. The van der Waals surface area contributed by atoms with Crippen LogP contribution in [0.2, 0.25) is 0 Å². The summed E-state index contributed by atoms with van der Waals surface area (Å²) in [5, 5.41) is 5.77. The first-order valence-electron chi connectivity index (χ1n) is 8.54. The van der Waals surface area contributed by atoms with Gasteiger partial charge in [0, 0.05) is 43.4 Å². The molecule has 0 fully saturated rings. The van der Waals surface area contributed by atoms with Crippen molar-refractivity contribution in [1.29, 1.82) is 0 Å². The summed E-state index contributed by atoms with van der Waals surface area (Å²) >= 11 is 1.63. The van der Waals surface area contributed by atoms with Gasteiger partial charge < -0.3 is 10.2 Å². The smallest absolute Gasteiger partial charge is 0.246 e. The number of pyridine rings is 1. The van der Waals surface area contributed by atoms with Crippen molar-refractivity contribution in [3.05, 3.63) is 52.1 Å². The van der Waals surface area contributed by atoms with Gasteiger partial charge >= 0.3 is 0 Å². The van der Waals surface area contributed by atoms with Crippen molar-refractivity contribution in [3.8, 4) is 0 Å². The molecule has 2 aliphatic heterocycles. The summed E-state index contributed by atoms with van der Waals surface area (Å²) in [7, 11) is 0. The number of amides is 2. The van der Waals surface area contributed by atoms with Crippen LogP contribution in [0.15, 0.2) is 36.0 Å². The maximum Gasteiger partial charge on any atom is 0.246 e. The van der Waals surface area contributed by atoms with Crippen molar-refractivity contribution in [2.75, 3.05) is 18.4 Å². The molecule has 132 valence electrons. The van der Waals surface area contributed by atoms with Gasteiger partial charge in [-0.05, 0) is 41.7 Å². The van der Waals surface area contributed by atoms with Gasteiger partial charge in [-0.25, -0.2) is 9.97 Å². The van der Waals surface area contributed by atoms with Crippen LogP contribution in [0.1, 0.15) is 29.0 Å². The second-order valence-corrected chi connectivity index (χ2v) is 7.15. The zero-order valence-corrected chi connectivity index (χ0v) is 15.0. The molecule has 0 saturated heterocycles. The highest BCUT2D eigenvalue weighted by molar-refractivity contribution is 7.10. The lowest BCUT2D eigenvalue weighted by Crippen LogP contribution is -2.33. The van der Waals surface area contributed by atoms with E-state index in [4.69, 9.17) is 0 Å². The van der Waals surface area contributed by atoms with Crippen molar-refractivity contribution in [3.63, 3.8) is 0 Å². The minimum atomic E-state index is -0.00883. The van der Waals surface area contributed by atoms with Crippen LogP contribution < -0.4 is 5.32 Å². The van der Waals surface area contributed by atoms with Gasteiger partial charge in [-0.1, -0.05) is 6.08 Å². The molecule has 7 heteroatoms. The first-order valence-corrected chi connectivity index (χ1v) is 9.42. The molecule has 2 aromatic rings. The molecule has 0 radical (unpaired) electrons. The third-order valence-corrected chi connectivity index (χ3v) is 5.36. The van der Waals surface area contributed by atoms with Gasteiger partial charge in [0.15, 0.2) is 0 Å². The largest absolute Gasteiger partial charge is 0.335 e. The van der Waals surface area contributed by atoms with E-state index in [1.807, 2.05) is 16.3 Å². The Labute approximate surface area is 155 Å². The van der Waals surface area contributed by atoms with Crippen LogP contribution in [-0.4, -0.2) is 39.8 Å². The van der Waals surface area contributed by atoms with E-state index in [1.54, 1.807) is 35.9 Å². The number of thiazole rings is 1. The van der Waals surface area contributed by atoms with Crippen LogP contribution >= 0.6 is 11.3 Å². The van der Waals surface area contributed by atoms with E-state index in [0.717, 1.165) is 22.6 Å². The topological polar surface area (TPSA) is 75.2 Å². The lowest BCUT2D eigenvalue weighted by atomic mass is 10.0. The minimum absolute atomic E-state index is 0.00117. The van der Waals surface area contributed by atoms with E-state index in [0.29, 0.717) is 31.7 Å². The molecule has 6 nitrogen and oxygen atoms in total. The Morgan fingerprint density at radius 2 is 2.19 bits per heavy atom. The van der Waals surface area contributed by atoms with Gasteiger partial charge in [0.05, 0.1) is 0 Å². The SMILES string of the molecule is O=C1CCc2cc(C=CC(=O)N3CC=C(c4nccs4)CC3)cnc2N1. The molecule has 2 aliphatic rings. The Morgan fingerprint density at radius 3 is 2.96 bits per heavy atom. The fourth-order valence-corrected chi connectivity index (χ4v) is 3.79. The lowest BCUT2D eigenvalue weighted by Gasteiger charge is -2.24. The Morgan fingerprint density at radius 1 is 1.27 bits per heavy atom. The quantitative estimate of drug-likeness (QED) is 0.848. The molecule has 0 aromatic carbocycles. The van der Waals surface area contributed by atoms with E-state index < -0.39 is 0 Å². The molecule has 0 unspecified atom stereocenters. The Bertz CT molecular complexity index is 902. The predicted molar refractivity (Wildman–Crippen MR) is 102 cm³/mol. The van der Waals surface area contributed by atoms with E-state index >= 15 is 0 Å². The summed E-state index contributed by atoms with van der Waals surface area (Å²) in [6, 6.07) is 1.97. The second kappa shape index (κ2) is 7.21. The van der Waals surface area contributed by atoms with Gasteiger partial charge in [0.1, 0.15) is 10.8 Å². The molecular weight excluding hydrogens is 348 g/mol. The molecule has 4 heterocycles. The Balaban J connectivity index is 1.40. The molecule has 0 bridgehead atoms. The highest BCUT2D eigenvalue weighted by atomic mass is 32.1. The Hall–Kier alpha value is -2.80. The van der Waals surface area contributed by atoms with E-state index in [2.05, 4.69) is 21.4 Å². The summed E-state index contributed by atoms with van der Waals surface area (Å²) in [5.41, 5.74) is 3.09. The molecule has 0 spiro atoms. The predicted octanol–water partition coefficient (Wildman–Crippen LogP) is 2.75. The third-order valence-electron chi connectivity index (χ3n) is 4.51. The third kappa shape index (κ3) is 3.57. The number of carbonyl (C=O) groups excluding carboxylic acids is 2. The number of aryl methyl sites for hydroxylation is 1. The van der Waals surface area contributed by atoms with Gasteiger partial charge in [-0.3, -0.25) is 9.59 Å². The molecule has 0 aliphatic carbocycles. The van der Waals surface area contributed by atoms with Crippen molar-refractivity contribution in [1.82, 2.24) is 14.9 Å². The lowest BCUT2D eigenvalue weighted by molar-refractivity contribution is -0.125. The van der Waals surface area contributed by atoms with Crippen LogP contribution in [0.3, 0.4) is 0 Å². The summed E-state index contributed by atoms with van der Waals surface area (Å²) < 4.78 is 0. The average molecular weight is 366 g/mol. The number of rotatable bonds is 3. The van der Waals surface area contributed by atoms with Crippen molar-refractivity contribution >= 4 is 40.6 Å². The van der Waals surface area contributed by atoms with Gasteiger partial charge in [0.2, 0.25) is 11.8 Å². The number of fused-ring (bicyclic) bond motifs is 1. The normalized spacial score (nSPS) is 17.0. The first-order chi connectivity index (χ1) is 12.7. The van der Waals surface area contributed by atoms with E-state index in [1.165, 1.54) is 5.57 Å². The molecule has 4 rings (SSSR count). The summed E-state index contributed by atoms with van der Waals surface area (Å²) in [6.07, 6.45) is 10.9. The van der Waals surface area contributed by atoms with Crippen molar-refractivity contribution < 1.29 is 9.59 Å². The van der Waals surface area contributed by atoms with Crippen LogP contribution in [0.4, 0.5) is 5.82 Å². The second-order valence-electron chi connectivity index (χ2n) is 6.26. The van der Waals surface area contributed by atoms with Crippen LogP contribution in [0.25, 0.3) is 11.6 Å². The summed E-state index contributed by atoms with van der Waals surface area (Å²) in [4.78, 5) is 34.2. The fraction of sp³-hybridized carbons (Fsp3) is 0.263. The molecule has 0 atom stereocenters. The zero-order chi connectivity index (χ0) is 17.9. The maximum absolute atomic E-state index is 12.4. The van der Waals surface area contributed by atoms with Crippen molar-refractivity contribution in [2.24, 2.45) is 0 Å². The van der Waals surface area contributed by atoms with Crippen molar-refractivity contribution in [2.45, 2.75) is 19.3 Å². The summed E-state index contributed by atoms with van der Waals surface area (Å²) in [6.45, 7) is 1.30. The number of hydrogen-bond acceptors (Lipinski definition) is 5. The van der Waals surface area contributed by atoms with Crippen LogP contribution in [-0.2, 0) is 16.0 Å². The summed E-state index contributed by atoms with van der Waals surface area (Å²) in [5.74, 6) is 0.616. The number of aromatic nitrogens is 2. The Kier molecular flexibility index (Phi) is 4.62. The highest BCUT2D eigenvalue weighted by Crippen LogP contribution is 2.24. The highest BCUT2D eigenvalue weighted by Gasteiger charge is 2.18. The van der Waals surface area contributed by atoms with Crippen LogP contribution in [0.5, 0.6) is 0 Å². The number of carbonyl (C=O) groups is 2. The molecule has 2 aromatic heterocycles. The monoisotopic (exact) mass is 366 g/mol. The van der Waals surface area contributed by atoms with Gasteiger partial charge in [-0.2, -0.15) is 0 Å². The molecule has 2 amide bonds. The molecular formula is C19H18N4O2S. The van der Waals surface area contributed by atoms with E-state index in [-0.39, 0.29) is 11.8 Å². The van der Waals surface area contributed by atoms with Gasteiger partial charge in [-0.15, -0.1) is 11.3 Å². The van der Waals surface area contributed by atoms with Gasteiger partial charge in [0.25, 0.3) is 0 Å². The maximum atomic E-state index is 12.4. The van der Waals surface area contributed by atoms with Crippen LogP contribution in [0, 0.1) is 0 Å². The molecule has 1 N–H and O–H groups in total.